The molecule has 0 heterocycles. The van der Waals surface area contributed by atoms with E-state index in [4.69, 9.17) is 21.4 Å². The van der Waals surface area contributed by atoms with Crippen LogP contribution < -0.4 is 4.74 Å². The minimum atomic E-state index is -0.760. The van der Waals surface area contributed by atoms with Crippen LogP contribution in [0.25, 0.3) is 0 Å². The average molecular weight is 350 g/mol. The SMILES string of the molecule is CC(C)(CCCCOc1ccc(Br)cc1Cl)C(=O)O. The van der Waals surface area contributed by atoms with E-state index in [-0.39, 0.29) is 0 Å². The van der Waals surface area contributed by atoms with Crippen LogP contribution in [0.5, 0.6) is 5.75 Å². The summed E-state index contributed by atoms with van der Waals surface area (Å²) in [6.45, 7) is 4.01. The maximum Gasteiger partial charge on any atom is 0.309 e. The molecule has 0 fully saturated rings. The third-order valence-electron chi connectivity index (χ3n) is 2.93. The summed E-state index contributed by atoms with van der Waals surface area (Å²) in [7, 11) is 0. The molecule has 0 aromatic heterocycles. The van der Waals surface area contributed by atoms with Gasteiger partial charge in [0.25, 0.3) is 0 Å². The number of unbranched alkanes of at least 4 members (excludes halogenated alkanes) is 1. The maximum atomic E-state index is 10.9. The monoisotopic (exact) mass is 348 g/mol. The van der Waals surface area contributed by atoms with Crippen LogP contribution in [0.4, 0.5) is 0 Å². The maximum absolute atomic E-state index is 10.9. The quantitative estimate of drug-likeness (QED) is 0.722. The van der Waals surface area contributed by atoms with E-state index in [1.54, 1.807) is 19.9 Å². The van der Waals surface area contributed by atoms with Gasteiger partial charge in [-0.3, -0.25) is 4.79 Å². The first-order valence-electron chi connectivity index (χ1n) is 6.14. The number of rotatable bonds is 7. The Morgan fingerprint density at radius 1 is 1.42 bits per heavy atom. The zero-order valence-electron chi connectivity index (χ0n) is 11.1. The van der Waals surface area contributed by atoms with Crippen molar-refractivity contribution in [2.75, 3.05) is 6.61 Å². The minimum Gasteiger partial charge on any atom is -0.492 e. The van der Waals surface area contributed by atoms with E-state index in [0.717, 1.165) is 17.3 Å². The summed E-state index contributed by atoms with van der Waals surface area (Å²) in [5.74, 6) is -0.105. The number of halogens is 2. The number of benzene rings is 1. The van der Waals surface area contributed by atoms with Crippen molar-refractivity contribution in [1.29, 1.82) is 0 Å². The second-order valence-corrected chi connectivity index (χ2v) is 6.39. The van der Waals surface area contributed by atoms with Gasteiger partial charge in [0.2, 0.25) is 0 Å². The lowest BCUT2D eigenvalue weighted by atomic mass is 9.87. The van der Waals surface area contributed by atoms with Gasteiger partial charge >= 0.3 is 5.97 Å². The van der Waals surface area contributed by atoms with Crippen LogP contribution in [0.15, 0.2) is 22.7 Å². The summed E-state index contributed by atoms with van der Waals surface area (Å²) in [5.41, 5.74) is -0.671. The number of ether oxygens (including phenoxy) is 1. The molecule has 5 heteroatoms. The van der Waals surface area contributed by atoms with Gasteiger partial charge in [-0.2, -0.15) is 0 Å². The Labute approximate surface area is 127 Å². The predicted molar refractivity (Wildman–Crippen MR) is 79.9 cm³/mol. The van der Waals surface area contributed by atoms with E-state index < -0.39 is 11.4 Å². The molecule has 0 bridgehead atoms. The first kappa shape index (κ1) is 16.3. The van der Waals surface area contributed by atoms with E-state index in [1.165, 1.54) is 0 Å². The Kier molecular flexibility index (Phi) is 6.14. The summed E-state index contributed by atoms with van der Waals surface area (Å²) in [4.78, 5) is 10.9. The molecular formula is C14H18BrClO3. The molecule has 0 amide bonds. The van der Waals surface area contributed by atoms with Crippen molar-refractivity contribution in [3.8, 4) is 5.75 Å². The summed E-state index contributed by atoms with van der Waals surface area (Å²) < 4.78 is 6.48. The van der Waals surface area contributed by atoms with Crippen molar-refractivity contribution in [3.63, 3.8) is 0 Å². The molecule has 0 spiro atoms. The van der Waals surface area contributed by atoms with Gasteiger partial charge < -0.3 is 9.84 Å². The van der Waals surface area contributed by atoms with Gasteiger partial charge in [-0.25, -0.2) is 0 Å². The number of hydrogen-bond donors (Lipinski definition) is 1. The lowest BCUT2D eigenvalue weighted by Crippen LogP contribution is -2.23. The normalized spacial score (nSPS) is 11.4. The van der Waals surface area contributed by atoms with E-state index in [9.17, 15) is 4.79 Å². The lowest BCUT2D eigenvalue weighted by molar-refractivity contribution is -0.147. The highest BCUT2D eigenvalue weighted by Crippen LogP contribution is 2.28. The summed E-state index contributed by atoms with van der Waals surface area (Å²) in [6.07, 6.45) is 2.26. The highest BCUT2D eigenvalue weighted by Gasteiger charge is 2.25. The van der Waals surface area contributed by atoms with Crippen LogP contribution in [0.1, 0.15) is 33.1 Å². The van der Waals surface area contributed by atoms with Gasteiger partial charge in [0.15, 0.2) is 0 Å². The van der Waals surface area contributed by atoms with Crippen LogP contribution in [0.3, 0.4) is 0 Å². The zero-order valence-corrected chi connectivity index (χ0v) is 13.4. The molecule has 0 aliphatic heterocycles. The van der Waals surface area contributed by atoms with Gasteiger partial charge in [-0.1, -0.05) is 27.5 Å². The molecule has 0 unspecified atom stereocenters. The molecule has 0 radical (unpaired) electrons. The largest absolute Gasteiger partial charge is 0.492 e. The highest BCUT2D eigenvalue weighted by molar-refractivity contribution is 9.10. The molecule has 1 rings (SSSR count). The molecule has 1 aromatic rings. The van der Waals surface area contributed by atoms with E-state index in [0.29, 0.717) is 23.8 Å². The third-order valence-corrected chi connectivity index (χ3v) is 3.72. The van der Waals surface area contributed by atoms with Gasteiger partial charge in [0, 0.05) is 4.47 Å². The second kappa shape index (κ2) is 7.15. The van der Waals surface area contributed by atoms with Gasteiger partial charge in [-0.05, 0) is 51.3 Å². The fourth-order valence-electron chi connectivity index (χ4n) is 1.55. The Morgan fingerprint density at radius 3 is 2.68 bits per heavy atom. The Hall–Kier alpha value is -0.740. The molecule has 19 heavy (non-hydrogen) atoms. The molecule has 0 aliphatic rings. The van der Waals surface area contributed by atoms with Crippen molar-refractivity contribution in [1.82, 2.24) is 0 Å². The molecular weight excluding hydrogens is 332 g/mol. The van der Waals surface area contributed by atoms with Crippen LogP contribution in [0, 0.1) is 5.41 Å². The number of hydrogen-bond acceptors (Lipinski definition) is 2. The molecule has 0 aliphatic carbocycles. The van der Waals surface area contributed by atoms with Crippen LogP contribution in [0.2, 0.25) is 5.02 Å². The number of carbonyl (C=O) groups is 1. The molecule has 0 atom stereocenters. The Bertz CT molecular complexity index is 446. The van der Waals surface area contributed by atoms with E-state index in [1.807, 2.05) is 12.1 Å². The fourth-order valence-corrected chi connectivity index (χ4v) is 2.28. The molecule has 1 aromatic carbocycles. The number of carboxylic acid groups (broad SMARTS) is 1. The van der Waals surface area contributed by atoms with Gasteiger partial charge in [0.1, 0.15) is 5.75 Å². The molecule has 3 nitrogen and oxygen atoms in total. The molecule has 1 N–H and O–H groups in total. The van der Waals surface area contributed by atoms with Crippen LogP contribution in [-0.4, -0.2) is 17.7 Å². The van der Waals surface area contributed by atoms with Crippen molar-refractivity contribution in [3.05, 3.63) is 27.7 Å². The van der Waals surface area contributed by atoms with Gasteiger partial charge in [0.05, 0.1) is 17.0 Å². The first-order valence-corrected chi connectivity index (χ1v) is 7.31. The Morgan fingerprint density at radius 2 is 2.11 bits per heavy atom. The lowest BCUT2D eigenvalue weighted by Gasteiger charge is -2.18. The van der Waals surface area contributed by atoms with Crippen LogP contribution >= 0.6 is 27.5 Å². The highest BCUT2D eigenvalue weighted by atomic mass is 79.9. The van der Waals surface area contributed by atoms with Crippen LogP contribution in [-0.2, 0) is 4.79 Å². The molecule has 0 saturated carbocycles. The smallest absolute Gasteiger partial charge is 0.309 e. The topological polar surface area (TPSA) is 46.5 Å². The van der Waals surface area contributed by atoms with E-state index >= 15 is 0 Å². The number of carboxylic acids is 1. The third kappa shape index (κ3) is 5.41. The van der Waals surface area contributed by atoms with Crippen molar-refractivity contribution in [2.45, 2.75) is 33.1 Å². The van der Waals surface area contributed by atoms with E-state index in [2.05, 4.69) is 15.9 Å². The van der Waals surface area contributed by atoms with Gasteiger partial charge in [-0.15, -0.1) is 0 Å². The van der Waals surface area contributed by atoms with Crippen molar-refractivity contribution < 1.29 is 14.6 Å². The standard InChI is InChI=1S/C14H18BrClO3/c1-14(2,13(17)18)7-3-4-8-19-12-6-5-10(15)9-11(12)16/h5-6,9H,3-4,7-8H2,1-2H3,(H,17,18). The number of aliphatic carboxylic acids is 1. The van der Waals surface area contributed by atoms with Crippen molar-refractivity contribution in [2.24, 2.45) is 5.41 Å². The summed E-state index contributed by atoms with van der Waals surface area (Å²) >= 11 is 9.35. The average Bonchev–Trinajstić information content (AvgIpc) is 2.31. The van der Waals surface area contributed by atoms with Crippen molar-refractivity contribution >= 4 is 33.5 Å². The molecule has 106 valence electrons. The fraction of sp³-hybridized carbons (Fsp3) is 0.500. The zero-order chi connectivity index (χ0) is 14.5. The summed E-state index contributed by atoms with van der Waals surface area (Å²) in [5, 5.41) is 9.55. The predicted octanol–water partition coefficient (Wildman–Crippen LogP) is 4.76. The molecule has 0 saturated heterocycles. The summed E-state index contributed by atoms with van der Waals surface area (Å²) in [6, 6.07) is 5.47. The first-order chi connectivity index (χ1) is 8.83. The minimum absolute atomic E-state index is 0.539. The second-order valence-electron chi connectivity index (χ2n) is 5.07. The Balaban J connectivity index is 2.30.